The molecule has 0 spiro atoms. The van der Waals surface area contributed by atoms with E-state index in [1.54, 1.807) is 12.1 Å². The van der Waals surface area contributed by atoms with E-state index in [-0.39, 0.29) is 5.82 Å². The predicted molar refractivity (Wildman–Crippen MR) is 122 cm³/mol. The highest BCUT2D eigenvalue weighted by Gasteiger charge is 2.14. The Morgan fingerprint density at radius 1 is 0.719 bits per heavy atom. The lowest BCUT2D eigenvalue weighted by Gasteiger charge is -2.19. The van der Waals surface area contributed by atoms with E-state index in [4.69, 9.17) is 9.47 Å². The average molecular weight is 429 g/mol. The van der Waals surface area contributed by atoms with E-state index in [9.17, 15) is 4.39 Å². The number of anilines is 1. The Morgan fingerprint density at radius 3 is 1.94 bits per heavy atom. The van der Waals surface area contributed by atoms with E-state index < -0.39 is 0 Å². The monoisotopic (exact) mass is 429 g/mol. The summed E-state index contributed by atoms with van der Waals surface area (Å²) >= 11 is 0. The molecule has 0 atom stereocenters. The molecule has 0 aliphatic heterocycles. The number of rotatable bonds is 9. The standard InChI is InChI=1S/C26H24FN3O2/c1-30(17-20-12-14-23(27)15-13-20)25-16-24(31-18-21-8-4-2-5-9-21)26(29-28-25)32-19-22-10-6-3-7-11-22/h2-16H,17-19H2,1H3. The fourth-order valence-electron chi connectivity index (χ4n) is 3.15. The summed E-state index contributed by atoms with van der Waals surface area (Å²) in [7, 11) is 1.90. The molecular weight excluding hydrogens is 405 g/mol. The van der Waals surface area contributed by atoms with E-state index in [1.807, 2.05) is 78.7 Å². The van der Waals surface area contributed by atoms with Crippen LogP contribution in [0, 0.1) is 5.82 Å². The smallest absolute Gasteiger partial charge is 0.276 e. The van der Waals surface area contributed by atoms with Crippen LogP contribution in [-0.2, 0) is 19.8 Å². The van der Waals surface area contributed by atoms with Crippen LogP contribution in [0.15, 0.2) is 91.0 Å². The maximum atomic E-state index is 13.2. The van der Waals surface area contributed by atoms with Crippen LogP contribution in [0.3, 0.4) is 0 Å². The molecule has 162 valence electrons. The van der Waals surface area contributed by atoms with Crippen LogP contribution in [-0.4, -0.2) is 17.2 Å². The van der Waals surface area contributed by atoms with Crippen LogP contribution in [0.5, 0.6) is 11.6 Å². The number of nitrogens with zero attached hydrogens (tertiary/aromatic N) is 3. The quantitative estimate of drug-likeness (QED) is 0.356. The van der Waals surface area contributed by atoms with E-state index in [0.29, 0.717) is 37.2 Å². The SMILES string of the molecule is CN(Cc1ccc(F)cc1)c1cc(OCc2ccccc2)c(OCc2ccccc2)nn1. The van der Waals surface area contributed by atoms with Gasteiger partial charge in [0.2, 0.25) is 0 Å². The van der Waals surface area contributed by atoms with Gasteiger partial charge < -0.3 is 14.4 Å². The van der Waals surface area contributed by atoms with Gasteiger partial charge in [0.05, 0.1) is 0 Å². The Balaban J connectivity index is 1.52. The van der Waals surface area contributed by atoms with Crippen LogP contribution >= 0.6 is 0 Å². The van der Waals surface area contributed by atoms with E-state index in [1.165, 1.54) is 12.1 Å². The van der Waals surface area contributed by atoms with Crippen molar-refractivity contribution in [2.24, 2.45) is 0 Å². The van der Waals surface area contributed by atoms with E-state index >= 15 is 0 Å². The zero-order chi connectivity index (χ0) is 22.2. The van der Waals surface area contributed by atoms with Gasteiger partial charge in [-0.25, -0.2) is 4.39 Å². The number of benzene rings is 3. The van der Waals surface area contributed by atoms with Crippen molar-refractivity contribution in [2.75, 3.05) is 11.9 Å². The average Bonchev–Trinajstić information content (AvgIpc) is 2.84. The van der Waals surface area contributed by atoms with Crippen molar-refractivity contribution in [3.05, 3.63) is 114 Å². The molecule has 0 bridgehead atoms. The molecule has 0 amide bonds. The summed E-state index contributed by atoms with van der Waals surface area (Å²) in [5.74, 6) is 1.22. The first-order valence-corrected chi connectivity index (χ1v) is 10.3. The highest BCUT2D eigenvalue weighted by molar-refractivity contribution is 5.47. The molecule has 1 aromatic heterocycles. The Bertz CT molecular complexity index is 1120. The van der Waals surface area contributed by atoms with Gasteiger partial charge in [0.15, 0.2) is 11.6 Å². The third-order valence-corrected chi connectivity index (χ3v) is 4.89. The van der Waals surface area contributed by atoms with Gasteiger partial charge in [0.1, 0.15) is 19.0 Å². The summed E-state index contributed by atoms with van der Waals surface area (Å²) < 4.78 is 25.2. The number of aromatic nitrogens is 2. The second-order valence-corrected chi connectivity index (χ2v) is 7.40. The summed E-state index contributed by atoms with van der Waals surface area (Å²) in [6.07, 6.45) is 0. The third-order valence-electron chi connectivity index (χ3n) is 4.89. The molecule has 0 aliphatic rings. The first kappa shape index (κ1) is 21.3. The molecule has 4 aromatic rings. The second-order valence-electron chi connectivity index (χ2n) is 7.40. The summed E-state index contributed by atoms with van der Waals surface area (Å²) in [6.45, 7) is 1.30. The molecule has 0 saturated carbocycles. The molecule has 4 rings (SSSR count). The molecular formula is C26H24FN3O2. The first-order valence-electron chi connectivity index (χ1n) is 10.3. The van der Waals surface area contributed by atoms with Crippen LogP contribution in [0.1, 0.15) is 16.7 Å². The molecule has 5 nitrogen and oxygen atoms in total. The van der Waals surface area contributed by atoms with Crippen LogP contribution in [0.4, 0.5) is 10.2 Å². The Hall–Kier alpha value is -3.93. The van der Waals surface area contributed by atoms with Crippen molar-refractivity contribution in [1.29, 1.82) is 0 Å². The highest BCUT2D eigenvalue weighted by atomic mass is 19.1. The minimum Gasteiger partial charge on any atom is -0.483 e. The van der Waals surface area contributed by atoms with Gasteiger partial charge in [0, 0.05) is 19.7 Å². The Morgan fingerprint density at radius 2 is 1.31 bits per heavy atom. The molecule has 6 heteroatoms. The zero-order valence-electron chi connectivity index (χ0n) is 17.8. The highest BCUT2D eigenvalue weighted by Crippen LogP contribution is 2.29. The number of ether oxygens (including phenoxy) is 2. The maximum Gasteiger partial charge on any atom is 0.276 e. The fraction of sp³-hybridized carbons (Fsp3) is 0.154. The molecule has 32 heavy (non-hydrogen) atoms. The van der Waals surface area contributed by atoms with Crippen molar-refractivity contribution in [2.45, 2.75) is 19.8 Å². The first-order chi connectivity index (χ1) is 15.7. The topological polar surface area (TPSA) is 47.5 Å². The second kappa shape index (κ2) is 10.4. The van der Waals surface area contributed by atoms with Crippen molar-refractivity contribution >= 4 is 5.82 Å². The van der Waals surface area contributed by atoms with Gasteiger partial charge in [-0.15, -0.1) is 10.2 Å². The minimum absolute atomic E-state index is 0.257. The molecule has 0 fully saturated rings. The van der Waals surface area contributed by atoms with Gasteiger partial charge in [-0.1, -0.05) is 72.8 Å². The van der Waals surface area contributed by atoms with Gasteiger partial charge in [0.25, 0.3) is 5.88 Å². The number of hydrogen-bond acceptors (Lipinski definition) is 5. The van der Waals surface area contributed by atoms with Crippen LogP contribution in [0.2, 0.25) is 0 Å². The summed E-state index contributed by atoms with van der Waals surface area (Å²) in [6, 6.07) is 28.0. The molecule has 0 unspecified atom stereocenters. The van der Waals surface area contributed by atoms with Crippen molar-refractivity contribution in [3.8, 4) is 11.6 Å². The number of halogens is 1. The van der Waals surface area contributed by atoms with Crippen LogP contribution in [0.25, 0.3) is 0 Å². The van der Waals surface area contributed by atoms with Crippen molar-refractivity contribution in [3.63, 3.8) is 0 Å². The lowest BCUT2D eigenvalue weighted by molar-refractivity contribution is 0.244. The van der Waals surface area contributed by atoms with Gasteiger partial charge in [-0.05, 0) is 28.8 Å². The molecule has 0 saturated heterocycles. The summed E-state index contributed by atoms with van der Waals surface area (Å²) in [4.78, 5) is 1.93. The lowest BCUT2D eigenvalue weighted by atomic mass is 10.2. The largest absolute Gasteiger partial charge is 0.483 e. The van der Waals surface area contributed by atoms with E-state index in [2.05, 4.69) is 10.2 Å². The summed E-state index contributed by atoms with van der Waals surface area (Å²) in [5.41, 5.74) is 3.03. The van der Waals surface area contributed by atoms with E-state index in [0.717, 1.165) is 16.7 Å². The zero-order valence-corrected chi connectivity index (χ0v) is 17.8. The Labute approximate surface area is 187 Å². The predicted octanol–water partition coefficient (Wildman–Crippen LogP) is 5.41. The molecule has 0 radical (unpaired) electrons. The summed E-state index contributed by atoms with van der Waals surface area (Å²) in [5, 5.41) is 8.60. The number of hydrogen-bond donors (Lipinski definition) is 0. The third kappa shape index (κ3) is 5.82. The molecule has 3 aromatic carbocycles. The van der Waals surface area contributed by atoms with Gasteiger partial charge >= 0.3 is 0 Å². The molecule has 1 heterocycles. The normalized spacial score (nSPS) is 10.6. The van der Waals surface area contributed by atoms with Crippen molar-refractivity contribution in [1.82, 2.24) is 10.2 Å². The molecule has 0 aliphatic carbocycles. The lowest BCUT2D eigenvalue weighted by Crippen LogP contribution is -2.18. The fourth-order valence-corrected chi connectivity index (χ4v) is 3.15. The van der Waals surface area contributed by atoms with Gasteiger partial charge in [-0.3, -0.25) is 0 Å². The minimum atomic E-state index is -0.257. The van der Waals surface area contributed by atoms with Crippen LogP contribution < -0.4 is 14.4 Å². The molecule has 0 N–H and O–H groups in total. The van der Waals surface area contributed by atoms with Gasteiger partial charge in [-0.2, -0.15) is 0 Å². The maximum absolute atomic E-state index is 13.2. The Kier molecular flexibility index (Phi) is 6.92. The van der Waals surface area contributed by atoms with Crippen molar-refractivity contribution < 1.29 is 13.9 Å².